The molecule has 2 aromatic carbocycles. The summed E-state index contributed by atoms with van der Waals surface area (Å²) < 4.78 is 1.75. The van der Waals surface area contributed by atoms with Crippen molar-refractivity contribution in [3.8, 4) is 16.9 Å². The predicted octanol–water partition coefficient (Wildman–Crippen LogP) is 4.04. The lowest BCUT2D eigenvalue weighted by molar-refractivity contribution is 0.0992. The standard InChI is InChI=1S/C24H18ClN5O2/c25-20-13-27-11-10-17(20)24(32)28-15-8-6-14-7-9-18-21(23(26)31)29-30(22(18)19(14)12-15)16-4-2-1-3-5-16/h1-6,8,10-13H,7,9H2,(H2,26,31)(H,28,32). The highest BCUT2D eigenvalue weighted by atomic mass is 35.5. The van der Waals surface area contributed by atoms with E-state index in [1.165, 1.54) is 12.4 Å². The number of benzene rings is 2. The molecule has 158 valence electrons. The number of amides is 2. The summed E-state index contributed by atoms with van der Waals surface area (Å²) in [6.07, 6.45) is 4.35. The molecule has 3 N–H and O–H groups in total. The quantitative estimate of drug-likeness (QED) is 0.496. The Labute approximate surface area is 188 Å². The second-order valence-corrected chi connectivity index (χ2v) is 7.88. The highest BCUT2D eigenvalue weighted by Gasteiger charge is 2.28. The molecule has 0 atom stereocenters. The van der Waals surface area contributed by atoms with E-state index in [2.05, 4.69) is 15.4 Å². The number of nitrogens with zero attached hydrogens (tertiary/aromatic N) is 3. The molecule has 7 nitrogen and oxygen atoms in total. The Morgan fingerprint density at radius 1 is 1.06 bits per heavy atom. The molecular formula is C24H18ClN5O2. The highest BCUT2D eigenvalue weighted by molar-refractivity contribution is 6.34. The molecule has 0 radical (unpaired) electrons. The number of aromatic nitrogens is 3. The minimum Gasteiger partial charge on any atom is -0.364 e. The minimum absolute atomic E-state index is 0.271. The van der Waals surface area contributed by atoms with Crippen LogP contribution < -0.4 is 11.1 Å². The van der Waals surface area contributed by atoms with Crippen LogP contribution in [0.1, 0.15) is 32.0 Å². The van der Waals surface area contributed by atoms with Gasteiger partial charge in [-0.05, 0) is 48.7 Å². The van der Waals surface area contributed by atoms with E-state index in [9.17, 15) is 9.59 Å². The molecule has 4 aromatic rings. The van der Waals surface area contributed by atoms with Gasteiger partial charge in [0.25, 0.3) is 11.8 Å². The van der Waals surface area contributed by atoms with Gasteiger partial charge in [-0.15, -0.1) is 0 Å². The Hall–Kier alpha value is -3.97. The maximum atomic E-state index is 12.7. The third-order valence-electron chi connectivity index (χ3n) is 5.50. The van der Waals surface area contributed by atoms with E-state index < -0.39 is 5.91 Å². The normalized spacial score (nSPS) is 12.0. The van der Waals surface area contributed by atoms with Crippen molar-refractivity contribution < 1.29 is 9.59 Å². The lowest BCUT2D eigenvalue weighted by Crippen LogP contribution is -2.16. The molecule has 0 bridgehead atoms. The van der Waals surface area contributed by atoms with Crippen LogP contribution in [-0.4, -0.2) is 26.6 Å². The Morgan fingerprint density at radius 2 is 1.88 bits per heavy atom. The first-order chi connectivity index (χ1) is 15.5. The van der Waals surface area contributed by atoms with Crippen molar-refractivity contribution in [2.75, 3.05) is 5.32 Å². The largest absolute Gasteiger partial charge is 0.364 e. The van der Waals surface area contributed by atoms with Gasteiger partial charge in [-0.2, -0.15) is 5.10 Å². The maximum absolute atomic E-state index is 12.7. The van der Waals surface area contributed by atoms with Gasteiger partial charge in [-0.3, -0.25) is 14.6 Å². The molecule has 1 aliphatic rings. The van der Waals surface area contributed by atoms with Crippen molar-refractivity contribution in [3.05, 3.63) is 94.4 Å². The van der Waals surface area contributed by atoms with Gasteiger partial charge in [0.2, 0.25) is 0 Å². The summed E-state index contributed by atoms with van der Waals surface area (Å²) in [5, 5.41) is 7.71. The van der Waals surface area contributed by atoms with Crippen LogP contribution in [-0.2, 0) is 12.8 Å². The molecule has 0 unspecified atom stereocenters. The third-order valence-corrected chi connectivity index (χ3v) is 5.80. The summed E-state index contributed by atoms with van der Waals surface area (Å²) in [5.74, 6) is -0.890. The highest BCUT2D eigenvalue weighted by Crippen LogP contribution is 2.38. The molecular weight excluding hydrogens is 426 g/mol. The van der Waals surface area contributed by atoms with E-state index in [4.69, 9.17) is 17.3 Å². The number of para-hydroxylation sites is 1. The number of rotatable bonds is 4. The maximum Gasteiger partial charge on any atom is 0.269 e. The van der Waals surface area contributed by atoms with Gasteiger partial charge in [0.05, 0.1) is 22.0 Å². The van der Waals surface area contributed by atoms with Gasteiger partial charge in [0.1, 0.15) is 0 Å². The molecule has 0 aliphatic heterocycles. The number of aryl methyl sites for hydroxylation is 1. The van der Waals surface area contributed by atoms with Crippen LogP contribution in [0.4, 0.5) is 5.69 Å². The van der Waals surface area contributed by atoms with Crippen LogP contribution >= 0.6 is 11.6 Å². The monoisotopic (exact) mass is 443 g/mol. The summed E-state index contributed by atoms with van der Waals surface area (Å²) in [4.78, 5) is 28.7. The SMILES string of the molecule is NC(=O)c1nn(-c2ccccc2)c2c1CCc1ccc(NC(=O)c3ccncc3Cl)cc1-2. The molecule has 2 amide bonds. The summed E-state index contributed by atoms with van der Waals surface area (Å²) in [5.41, 5.74) is 11.3. The molecule has 2 heterocycles. The Kier molecular flexibility index (Phi) is 4.95. The number of carbonyl (C=O) groups excluding carboxylic acids is 2. The zero-order valence-electron chi connectivity index (χ0n) is 16.9. The van der Waals surface area contributed by atoms with Crippen molar-refractivity contribution in [1.82, 2.24) is 14.8 Å². The van der Waals surface area contributed by atoms with Crippen molar-refractivity contribution in [2.24, 2.45) is 5.73 Å². The van der Waals surface area contributed by atoms with Crippen LogP contribution in [0.15, 0.2) is 67.0 Å². The Bertz CT molecular complexity index is 1360. The number of fused-ring (bicyclic) bond motifs is 3. The van der Waals surface area contributed by atoms with Crippen molar-refractivity contribution in [3.63, 3.8) is 0 Å². The summed E-state index contributed by atoms with van der Waals surface area (Å²) in [6.45, 7) is 0. The summed E-state index contributed by atoms with van der Waals surface area (Å²) in [6, 6.07) is 16.9. The lowest BCUT2D eigenvalue weighted by atomic mass is 9.88. The summed E-state index contributed by atoms with van der Waals surface area (Å²) in [7, 11) is 0. The van der Waals surface area contributed by atoms with Gasteiger partial charge >= 0.3 is 0 Å². The molecule has 1 aliphatic carbocycles. The number of hydrogen-bond acceptors (Lipinski definition) is 4. The molecule has 0 saturated carbocycles. The Morgan fingerprint density at radius 3 is 2.62 bits per heavy atom. The molecule has 0 fully saturated rings. The van der Waals surface area contributed by atoms with E-state index in [-0.39, 0.29) is 16.6 Å². The van der Waals surface area contributed by atoms with Crippen LogP contribution in [0, 0.1) is 0 Å². The number of nitrogens with one attached hydrogen (secondary N) is 1. The zero-order chi connectivity index (χ0) is 22.2. The van der Waals surface area contributed by atoms with Crippen molar-refractivity contribution in [1.29, 1.82) is 0 Å². The number of anilines is 1. The van der Waals surface area contributed by atoms with E-state index in [1.807, 2.05) is 48.5 Å². The number of carbonyl (C=O) groups is 2. The first-order valence-corrected chi connectivity index (χ1v) is 10.4. The van der Waals surface area contributed by atoms with E-state index in [0.29, 0.717) is 17.7 Å². The number of primary amides is 1. The van der Waals surface area contributed by atoms with Gasteiger partial charge in [0.15, 0.2) is 5.69 Å². The Balaban J connectivity index is 1.61. The lowest BCUT2D eigenvalue weighted by Gasteiger charge is -2.20. The average molecular weight is 444 g/mol. The predicted molar refractivity (Wildman–Crippen MR) is 122 cm³/mol. The van der Waals surface area contributed by atoms with Crippen LogP contribution in [0.3, 0.4) is 0 Å². The minimum atomic E-state index is -0.559. The number of pyridine rings is 1. The second kappa shape index (κ2) is 7.94. The molecule has 5 rings (SSSR count). The molecule has 0 spiro atoms. The first-order valence-electron chi connectivity index (χ1n) is 10.0. The number of nitrogens with two attached hydrogens (primary N) is 1. The first kappa shape index (κ1) is 20.0. The second-order valence-electron chi connectivity index (χ2n) is 7.47. The van der Waals surface area contributed by atoms with Gasteiger partial charge < -0.3 is 11.1 Å². The fourth-order valence-corrected chi connectivity index (χ4v) is 4.23. The van der Waals surface area contributed by atoms with Gasteiger partial charge in [-0.25, -0.2) is 4.68 Å². The molecule has 8 heteroatoms. The smallest absolute Gasteiger partial charge is 0.269 e. The topological polar surface area (TPSA) is 103 Å². The number of halogens is 1. The van der Waals surface area contributed by atoms with E-state index in [1.54, 1.807) is 10.7 Å². The number of hydrogen-bond donors (Lipinski definition) is 2. The van der Waals surface area contributed by atoms with Gasteiger partial charge in [-0.1, -0.05) is 35.9 Å². The fourth-order valence-electron chi connectivity index (χ4n) is 4.03. The molecule has 32 heavy (non-hydrogen) atoms. The van der Waals surface area contributed by atoms with Crippen LogP contribution in [0.5, 0.6) is 0 Å². The van der Waals surface area contributed by atoms with Crippen LogP contribution in [0.25, 0.3) is 16.9 Å². The fraction of sp³-hybridized carbons (Fsp3) is 0.0833. The molecule has 0 saturated heterocycles. The summed E-state index contributed by atoms with van der Waals surface area (Å²) >= 11 is 6.11. The third kappa shape index (κ3) is 3.42. The average Bonchev–Trinajstić information content (AvgIpc) is 3.20. The van der Waals surface area contributed by atoms with Crippen LogP contribution in [0.2, 0.25) is 5.02 Å². The zero-order valence-corrected chi connectivity index (χ0v) is 17.6. The van der Waals surface area contributed by atoms with E-state index in [0.717, 1.165) is 34.5 Å². The van der Waals surface area contributed by atoms with Crippen molar-refractivity contribution in [2.45, 2.75) is 12.8 Å². The van der Waals surface area contributed by atoms with E-state index >= 15 is 0 Å². The van der Waals surface area contributed by atoms with Crippen molar-refractivity contribution >= 4 is 29.1 Å². The van der Waals surface area contributed by atoms with Gasteiger partial charge in [0, 0.05) is 29.2 Å². The molecule has 2 aromatic heterocycles.